The monoisotopic (exact) mass is 219 g/mol. The maximum absolute atomic E-state index is 12.1. The molecule has 0 saturated carbocycles. The largest absolute Gasteiger partial charge is 0.337 e. The quantitative estimate of drug-likeness (QED) is 0.760. The van der Waals surface area contributed by atoms with Gasteiger partial charge in [0.1, 0.15) is 0 Å². The molecule has 2 heterocycles. The summed E-state index contributed by atoms with van der Waals surface area (Å²) in [5, 5.41) is 0. The van der Waals surface area contributed by atoms with Crippen molar-refractivity contribution < 1.29 is 4.79 Å². The Kier molecular flexibility index (Phi) is 2.92. The minimum Gasteiger partial charge on any atom is -0.337 e. The number of carbonyl (C=O) groups excluding carboxylic acids is 1. The molecule has 1 saturated heterocycles. The van der Waals surface area contributed by atoms with Crippen molar-refractivity contribution in [1.29, 1.82) is 0 Å². The second-order valence-electron chi connectivity index (χ2n) is 4.54. The molecule has 1 aliphatic rings. The van der Waals surface area contributed by atoms with Crippen LogP contribution in [0.3, 0.4) is 0 Å². The molecule has 2 unspecified atom stereocenters. The van der Waals surface area contributed by atoms with Gasteiger partial charge in [-0.3, -0.25) is 9.78 Å². The van der Waals surface area contributed by atoms with E-state index in [2.05, 4.69) is 11.9 Å². The maximum Gasteiger partial charge on any atom is 0.254 e. The molecule has 0 bridgehead atoms. The molecule has 4 nitrogen and oxygen atoms in total. The summed E-state index contributed by atoms with van der Waals surface area (Å²) in [6.07, 6.45) is 1.67. The fraction of sp³-hybridized carbons (Fsp3) is 0.500. The summed E-state index contributed by atoms with van der Waals surface area (Å²) in [6, 6.07) is 3.67. The van der Waals surface area contributed by atoms with Gasteiger partial charge in [-0.2, -0.15) is 0 Å². The number of hydrogen-bond donors (Lipinski definition) is 1. The van der Waals surface area contributed by atoms with Crippen LogP contribution in [0.15, 0.2) is 18.3 Å². The molecule has 0 aromatic carbocycles. The highest BCUT2D eigenvalue weighted by atomic mass is 16.2. The van der Waals surface area contributed by atoms with E-state index in [1.54, 1.807) is 12.3 Å². The zero-order valence-electron chi connectivity index (χ0n) is 9.68. The molecule has 1 aromatic heterocycles. The van der Waals surface area contributed by atoms with E-state index in [0.717, 1.165) is 12.2 Å². The lowest BCUT2D eigenvalue weighted by molar-refractivity contribution is 0.0786. The van der Waals surface area contributed by atoms with Crippen molar-refractivity contribution in [2.24, 2.45) is 11.7 Å². The Morgan fingerprint density at radius 1 is 1.56 bits per heavy atom. The van der Waals surface area contributed by atoms with Crippen molar-refractivity contribution in [3.05, 3.63) is 29.6 Å². The van der Waals surface area contributed by atoms with E-state index in [4.69, 9.17) is 5.73 Å². The van der Waals surface area contributed by atoms with Gasteiger partial charge in [0, 0.05) is 36.6 Å². The molecule has 86 valence electrons. The SMILES string of the molecule is Cc1cc(C(=O)N2CC(C)C(N)C2)ccn1. The van der Waals surface area contributed by atoms with Gasteiger partial charge in [-0.15, -0.1) is 0 Å². The highest BCUT2D eigenvalue weighted by Crippen LogP contribution is 2.17. The van der Waals surface area contributed by atoms with E-state index in [1.165, 1.54) is 0 Å². The number of rotatable bonds is 1. The normalized spacial score (nSPS) is 24.8. The number of carbonyl (C=O) groups is 1. The molecular formula is C12H17N3O. The fourth-order valence-electron chi connectivity index (χ4n) is 2.02. The Hall–Kier alpha value is -1.42. The van der Waals surface area contributed by atoms with Crippen molar-refractivity contribution in [2.45, 2.75) is 19.9 Å². The van der Waals surface area contributed by atoms with E-state index in [-0.39, 0.29) is 11.9 Å². The summed E-state index contributed by atoms with van der Waals surface area (Å²) in [6.45, 7) is 5.37. The van der Waals surface area contributed by atoms with Crippen LogP contribution in [0, 0.1) is 12.8 Å². The standard InChI is InChI=1S/C12H17N3O/c1-8-6-15(7-11(8)13)12(16)10-3-4-14-9(2)5-10/h3-5,8,11H,6-7,13H2,1-2H3. The molecule has 0 radical (unpaired) electrons. The van der Waals surface area contributed by atoms with Gasteiger partial charge >= 0.3 is 0 Å². The molecule has 1 aliphatic heterocycles. The molecule has 4 heteroatoms. The first-order valence-electron chi connectivity index (χ1n) is 5.55. The molecule has 1 amide bonds. The third-order valence-corrected chi connectivity index (χ3v) is 3.10. The van der Waals surface area contributed by atoms with Crippen LogP contribution in [0.4, 0.5) is 0 Å². The van der Waals surface area contributed by atoms with E-state index < -0.39 is 0 Å². The fourth-order valence-corrected chi connectivity index (χ4v) is 2.02. The van der Waals surface area contributed by atoms with Gasteiger partial charge in [-0.1, -0.05) is 6.92 Å². The molecule has 2 atom stereocenters. The summed E-state index contributed by atoms with van der Waals surface area (Å²) in [7, 11) is 0. The average molecular weight is 219 g/mol. The van der Waals surface area contributed by atoms with Crippen molar-refractivity contribution in [1.82, 2.24) is 9.88 Å². The van der Waals surface area contributed by atoms with E-state index >= 15 is 0 Å². The van der Waals surface area contributed by atoms with Crippen molar-refractivity contribution >= 4 is 5.91 Å². The van der Waals surface area contributed by atoms with Gasteiger partial charge < -0.3 is 10.6 Å². The average Bonchev–Trinajstić information content (AvgIpc) is 2.58. The predicted octanol–water partition coefficient (Wildman–Crippen LogP) is 0.809. The van der Waals surface area contributed by atoms with Crippen LogP contribution in [0.1, 0.15) is 23.0 Å². The van der Waals surface area contributed by atoms with Gasteiger partial charge in [-0.25, -0.2) is 0 Å². The van der Waals surface area contributed by atoms with Crippen LogP contribution >= 0.6 is 0 Å². The van der Waals surface area contributed by atoms with Crippen molar-refractivity contribution in [3.8, 4) is 0 Å². The third-order valence-electron chi connectivity index (χ3n) is 3.10. The second kappa shape index (κ2) is 4.22. The molecule has 2 rings (SSSR count). The first-order chi connectivity index (χ1) is 7.58. The maximum atomic E-state index is 12.1. The minimum atomic E-state index is 0.0605. The number of nitrogens with zero attached hydrogens (tertiary/aromatic N) is 2. The summed E-state index contributed by atoms with van der Waals surface area (Å²) in [5.74, 6) is 0.442. The molecule has 0 aliphatic carbocycles. The number of pyridine rings is 1. The molecule has 1 aromatic rings. The van der Waals surface area contributed by atoms with Gasteiger partial charge in [0.25, 0.3) is 5.91 Å². The lowest BCUT2D eigenvalue weighted by Crippen LogP contribution is -2.32. The summed E-state index contributed by atoms with van der Waals surface area (Å²) in [4.78, 5) is 18.0. The third kappa shape index (κ3) is 2.07. The van der Waals surface area contributed by atoms with Crippen LogP contribution in [0.2, 0.25) is 0 Å². The first-order valence-corrected chi connectivity index (χ1v) is 5.55. The zero-order chi connectivity index (χ0) is 11.7. The highest BCUT2D eigenvalue weighted by molar-refractivity contribution is 5.94. The second-order valence-corrected chi connectivity index (χ2v) is 4.54. The van der Waals surface area contributed by atoms with Gasteiger partial charge in [0.05, 0.1) is 0 Å². The van der Waals surface area contributed by atoms with Crippen molar-refractivity contribution in [3.63, 3.8) is 0 Å². The lowest BCUT2D eigenvalue weighted by atomic mass is 10.1. The molecule has 2 N–H and O–H groups in total. The van der Waals surface area contributed by atoms with Gasteiger partial charge in [0.15, 0.2) is 0 Å². The Labute approximate surface area is 95.5 Å². The number of nitrogens with two attached hydrogens (primary N) is 1. The highest BCUT2D eigenvalue weighted by Gasteiger charge is 2.30. The van der Waals surface area contributed by atoms with Crippen LogP contribution in [-0.4, -0.2) is 34.9 Å². The summed E-state index contributed by atoms with van der Waals surface area (Å²) >= 11 is 0. The zero-order valence-corrected chi connectivity index (χ0v) is 9.68. The van der Waals surface area contributed by atoms with E-state index in [0.29, 0.717) is 18.0 Å². The predicted molar refractivity (Wildman–Crippen MR) is 62.0 cm³/mol. The lowest BCUT2D eigenvalue weighted by Gasteiger charge is -2.15. The molecule has 16 heavy (non-hydrogen) atoms. The Morgan fingerprint density at radius 3 is 2.88 bits per heavy atom. The first kappa shape index (κ1) is 11.1. The van der Waals surface area contributed by atoms with E-state index in [1.807, 2.05) is 17.9 Å². The van der Waals surface area contributed by atoms with Crippen LogP contribution in [0.25, 0.3) is 0 Å². The summed E-state index contributed by atoms with van der Waals surface area (Å²) < 4.78 is 0. The van der Waals surface area contributed by atoms with Gasteiger partial charge in [-0.05, 0) is 25.0 Å². The Balaban J connectivity index is 2.14. The Bertz CT molecular complexity index is 395. The van der Waals surface area contributed by atoms with Crippen LogP contribution < -0.4 is 5.73 Å². The number of hydrogen-bond acceptors (Lipinski definition) is 3. The van der Waals surface area contributed by atoms with Crippen LogP contribution in [-0.2, 0) is 0 Å². The van der Waals surface area contributed by atoms with Gasteiger partial charge in [0.2, 0.25) is 0 Å². The van der Waals surface area contributed by atoms with E-state index in [9.17, 15) is 4.79 Å². The number of aromatic nitrogens is 1. The minimum absolute atomic E-state index is 0.0605. The Morgan fingerprint density at radius 2 is 2.31 bits per heavy atom. The number of amides is 1. The molecule has 1 fully saturated rings. The van der Waals surface area contributed by atoms with Crippen LogP contribution in [0.5, 0.6) is 0 Å². The molecular weight excluding hydrogens is 202 g/mol. The number of aryl methyl sites for hydroxylation is 1. The smallest absolute Gasteiger partial charge is 0.254 e. The topological polar surface area (TPSA) is 59.2 Å². The summed E-state index contributed by atoms with van der Waals surface area (Å²) in [5.41, 5.74) is 7.47. The van der Waals surface area contributed by atoms with Crippen molar-refractivity contribution in [2.75, 3.05) is 13.1 Å². The number of likely N-dealkylation sites (tertiary alicyclic amines) is 1. The molecule has 0 spiro atoms.